The first-order valence-corrected chi connectivity index (χ1v) is 7.28. The molecule has 7 heteroatoms. The lowest BCUT2D eigenvalue weighted by Gasteiger charge is -2.10. The summed E-state index contributed by atoms with van der Waals surface area (Å²) in [5.41, 5.74) is 1.55. The van der Waals surface area contributed by atoms with Crippen LogP contribution in [-0.4, -0.2) is 40.7 Å². The van der Waals surface area contributed by atoms with Gasteiger partial charge in [0.05, 0.1) is 12.0 Å². The van der Waals surface area contributed by atoms with Gasteiger partial charge in [0.25, 0.3) is 0 Å². The summed E-state index contributed by atoms with van der Waals surface area (Å²) in [4.78, 5) is 20.6. The second kappa shape index (κ2) is 7.38. The first kappa shape index (κ1) is 15.7. The molecule has 2 rings (SSSR count). The maximum atomic E-state index is 11.8. The standard InChI is InChI=1S/C14H19ClN4O2/c1-10(15)13-18-11-4-3-6-17-14(11)19(13)8-5-12(20)16-7-9-21-2/h3-4,6,10H,5,7-9H2,1-2H3,(H,16,20). The Labute approximate surface area is 128 Å². The maximum absolute atomic E-state index is 11.8. The second-order valence-corrected chi connectivity index (χ2v) is 5.33. The van der Waals surface area contributed by atoms with Gasteiger partial charge >= 0.3 is 0 Å². The summed E-state index contributed by atoms with van der Waals surface area (Å²) in [5.74, 6) is 0.702. The van der Waals surface area contributed by atoms with Crippen LogP contribution in [-0.2, 0) is 16.1 Å². The highest BCUT2D eigenvalue weighted by Crippen LogP contribution is 2.23. The van der Waals surface area contributed by atoms with Crippen molar-refractivity contribution < 1.29 is 9.53 Å². The van der Waals surface area contributed by atoms with Gasteiger partial charge in [0.2, 0.25) is 5.91 Å². The molecule has 0 aliphatic rings. The van der Waals surface area contributed by atoms with Crippen LogP contribution >= 0.6 is 11.6 Å². The number of aryl methyl sites for hydroxylation is 1. The number of alkyl halides is 1. The van der Waals surface area contributed by atoms with Crippen LogP contribution < -0.4 is 5.32 Å². The van der Waals surface area contributed by atoms with E-state index in [0.717, 1.165) is 17.0 Å². The van der Waals surface area contributed by atoms with E-state index in [0.29, 0.717) is 26.1 Å². The number of amides is 1. The molecule has 0 fully saturated rings. The lowest BCUT2D eigenvalue weighted by Crippen LogP contribution is -2.27. The van der Waals surface area contributed by atoms with Gasteiger partial charge in [-0.1, -0.05) is 0 Å². The zero-order chi connectivity index (χ0) is 15.2. The number of hydrogen-bond donors (Lipinski definition) is 1. The van der Waals surface area contributed by atoms with Gasteiger partial charge in [-0.15, -0.1) is 11.6 Å². The Balaban J connectivity index is 2.10. The van der Waals surface area contributed by atoms with Crippen molar-refractivity contribution in [2.24, 2.45) is 0 Å². The summed E-state index contributed by atoms with van der Waals surface area (Å²) in [6.45, 7) is 3.37. The fraction of sp³-hybridized carbons (Fsp3) is 0.500. The van der Waals surface area contributed by atoms with E-state index in [1.807, 2.05) is 23.6 Å². The topological polar surface area (TPSA) is 69.0 Å². The molecule has 2 heterocycles. The van der Waals surface area contributed by atoms with Gasteiger partial charge in [-0.3, -0.25) is 4.79 Å². The molecule has 1 N–H and O–H groups in total. The number of imidazole rings is 1. The van der Waals surface area contributed by atoms with Crippen molar-refractivity contribution in [1.82, 2.24) is 19.9 Å². The molecule has 0 aliphatic carbocycles. The number of ether oxygens (including phenoxy) is 1. The molecule has 0 bridgehead atoms. The average Bonchev–Trinajstić information content (AvgIpc) is 2.84. The van der Waals surface area contributed by atoms with Gasteiger partial charge in [-0.2, -0.15) is 0 Å². The quantitative estimate of drug-likeness (QED) is 0.626. The summed E-state index contributed by atoms with van der Waals surface area (Å²) in [6, 6.07) is 3.72. The molecular weight excluding hydrogens is 292 g/mol. The van der Waals surface area contributed by atoms with E-state index in [1.165, 1.54) is 0 Å². The average molecular weight is 311 g/mol. The number of hydrogen-bond acceptors (Lipinski definition) is 4. The number of carbonyl (C=O) groups is 1. The maximum Gasteiger partial charge on any atom is 0.221 e. The largest absolute Gasteiger partial charge is 0.383 e. The van der Waals surface area contributed by atoms with Crippen molar-refractivity contribution in [3.05, 3.63) is 24.2 Å². The summed E-state index contributed by atoms with van der Waals surface area (Å²) >= 11 is 6.17. The van der Waals surface area contributed by atoms with Crippen LogP contribution in [0.5, 0.6) is 0 Å². The molecule has 0 aliphatic heterocycles. The van der Waals surface area contributed by atoms with Crippen LogP contribution in [0.4, 0.5) is 0 Å². The minimum atomic E-state index is -0.240. The number of methoxy groups -OCH3 is 1. The van der Waals surface area contributed by atoms with E-state index in [-0.39, 0.29) is 11.3 Å². The highest BCUT2D eigenvalue weighted by Gasteiger charge is 2.16. The second-order valence-electron chi connectivity index (χ2n) is 4.68. The van der Waals surface area contributed by atoms with Crippen molar-refractivity contribution in [3.63, 3.8) is 0 Å². The van der Waals surface area contributed by atoms with E-state index < -0.39 is 0 Å². The van der Waals surface area contributed by atoms with Gasteiger partial charge in [-0.25, -0.2) is 9.97 Å². The van der Waals surface area contributed by atoms with Crippen molar-refractivity contribution in [3.8, 4) is 0 Å². The van der Waals surface area contributed by atoms with Crippen LogP contribution in [0.3, 0.4) is 0 Å². The van der Waals surface area contributed by atoms with Crippen molar-refractivity contribution in [2.75, 3.05) is 20.3 Å². The summed E-state index contributed by atoms with van der Waals surface area (Å²) in [5, 5.41) is 2.55. The van der Waals surface area contributed by atoms with Crippen molar-refractivity contribution >= 4 is 28.7 Å². The van der Waals surface area contributed by atoms with E-state index in [1.54, 1.807) is 13.3 Å². The first-order chi connectivity index (χ1) is 10.1. The predicted octanol–water partition coefficient (Wildman–Crippen LogP) is 1.88. The number of halogens is 1. The molecule has 0 saturated carbocycles. The summed E-state index contributed by atoms with van der Waals surface area (Å²) in [6.07, 6.45) is 2.06. The lowest BCUT2D eigenvalue weighted by molar-refractivity contribution is -0.121. The summed E-state index contributed by atoms with van der Waals surface area (Å²) < 4.78 is 6.80. The van der Waals surface area contributed by atoms with Gasteiger partial charge in [-0.05, 0) is 19.1 Å². The molecule has 0 saturated heterocycles. The Bertz CT molecular complexity index is 612. The molecule has 0 spiro atoms. The molecule has 2 aromatic heterocycles. The lowest BCUT2D eigenvalue weighted by atomic mass is 10.3. The molecule has 1 atom stereocenters. The Morgan fingerprint density at radius 2 is 2.38 bits per heavy atom. The SMILES string of the molecule is COCCNC(=O)CCn1c(C(C)Cl)nc2cccnc21. The smallest absolute Gasteiger partial charge is 0.221 e. The third-order valence-electron chi connectivity index (χ3n) is 3.08. The number of rotatable bonds is 7. The molecule has 1 amide bonds. The molecule has 21 heavy (non-hydrogen) atoms. The number of carbonyl (C=O) groups excluding carboxylic acids is 1. The third kappa shape index (κ3) is 3.92. The summed E-state index contributed by atoms with van der Waals surface area (Å²) in [7, 11) is 1.60. The fourth-order valence-electron chi connectivity index (χ4n) is 2.09. The van der Waals surface area contributed by atoms with Gasteiger partial charge in [0.1, 0.15) is 11.3 Å². The number of nitrogens with one attached hydrogen (secondary N) is 1. The number of fused-ring (bicyclic) bond motifs is 1. The van der Waals surface area contributed by atoms with Crippen LogP contribution in [0.25, 0.3) is 11.2 Å². The minimum absolute atomic E-state index is 0.0296. The molecule has 1 unspecified atom stereocenters. The highest BCUT2D eigenvalue weighted by atomic mass is 35.5. The van der Waals surface area contributed by atoms with E-state index >= 15 is 0 Å². The van der Waals surface area contributed by atoms with Crippen LogP contribution in [0.1, 0.15) is 24.5 Å². The normalized spacial score (nSPS) is 12.5. The third-order valence-corrected chi connectivity index (χ3v) is 3.28. The predicted molar refractivity (Wildman–Crippen MR) is 81.3 cm³/mol. The van der Waals surface area contributed by atoms with Crippen molar-refractivity contribution in [1.29, 1.82) is 0 Å². The van der Waals surface area contributed by atoms with Gasteiger partial charge in [0.15, 0.2) is 5.65 Å². The molecule has 6 nitrogen and oxygen atoms in total. The highest BCUT2D eigenvalue weighted by molar-refractivity contribution is 6.20. The molecule has 0 radical (unpaired) electrons. The monoisotopic (exact) mass is 310 g/mol. The van der Waals surface area contributed by atoms with Crippen molar-refractivity contribution in [2.45, 2.75) is 25.3 Å². The number of nitrogens with zero attached hydrogens (tertiary/aromatic N) is 3. The number of pyridine rings is 1. The van der Waals surface area contributed by atoms with Crippen LogP contribution in [0, 0.1) is 0 Å². The Hall–Kier alpha value is -1.66. The molecular formula is C14H19ClN4O2. The van der Waals surface area contributed by atoms with Gasteiger partial charge < -0.3 is 14.6 Å². The van der Waals surface area contributed by atoms with E-state index in [4.69, 9.17) is 16.3 Å². The minimum Gasteiger partial charge on any atom is -0.383 e. The fourth-order valence-corrected chi connectivity index (χ4v) is 2.26. The number of aromatic nitrogens is 3. The van der Waals surface area contributed by atoms with Gasteiger partial charge in [0, 0.05) is 32.8 Å². The molecule has 114 valence electrons. The molecule has 0 aromatic carbocycles. The Morgan fingerprint density at radius 3 is 3.10 bits per heavy atom. The van der Waals surface area contributed by atoms with E-state index in [9.17, 15) is 4.79 Å². The Kier molecular flexibility index (Phi) is 5.52. The van der Waals surface area contributed by atoms with E-state index in [2.05, 4.69) is 15.3 Å². The zero-order valence-electron chi connectivity index (χ0n) is 12.2. The zero-order valence-corrected chi connectivity index (χ0v) is 12.9. The van der Waals surface area contributed by atoms with Crippen LogP contribution in [0.15, 0.2) is 18.3 Å². The first-order valence-electron chi connectivity index (χ1n) is 6.84. The Morgan fingerprint density at radius 1 is 1.57 bits per heavy atom. The molecule has 2 aromatic rings. The van der Waals surface area contributed by atoms with Crippen LogP contribution in [0.2, 0.25) is 0 Å².